The lowest BCUT2D eigenvalue weighted by Crippen LogP contribution is -2.38. The SMILES string of the molecule is C=CCOC(C)C(=O)OC(C)C(=O)NCc1ccccc1F. The number of amides is 1. The smallest absolute Gasteiger partial charge is 0.335 e. The van der Waals surface area contributed by atoms with E-state index in [1.54, 1.807) is 18.2 Å². The second-order valence-corrected chi connectivity index (χ2v) is 4.65. The fraction of sp³-hybridized carbons (Fsp3) is 0.375. The van der Waals surface area contributed by atoms with Crippen molar-refractivity contribution in [3.8, 4) is 0 Å². The fourth-order valence-electron chi connectivity index (χ4n) is 1.57. The molecule has 0 bridgehead atoms. The van der Waals surface area contributed by atoms with E-state index in [2.05, 4.69) is 11.9 Å². The number of hydrogen-bond acceptors (Lipinski definition) is 4. The number of carbonyl (C=O) groups excluding carboxylic acids is 2. The first-order valence-corrected chi connectivity index (χ1v) is 6.89. The quantitative estimate of drug-likeness (QED) is 0.589. The minimum absolute atomic E-state index is 0.0237. The number of nitrogens with one attached hydrogen (secondary N) is 1. The molecule has 0 saturated carbocycles. The van der Waals surface area contributed by atoms with Gasteiger partial charge in [-0.05, 0) is 19.9 Å². The van der Waals surface area contributed by atoms with Gasteiger partial charge in [-0.1, -0.05) is 24.3 Å². The first-order chi connectivity index (χ1) is 10.5. The van der Waals surface area contributed by atoms with Crippen molar-refractivity contribution in [2.45, 2.75) is 32.6 Å². The van der Waals surface area contributed by atoms with Crippen LogP contribution in [0.1, 0.15) is 19.4 Å². The van der Waals surface area contributed by atoms with Gasteiger partial charge in [-0.15, -0.1) is 6.58 Å². The third kappa shape index (κ3) is 5.65. The van der Waals surface area contributed by atoms with E-state index in [0.29, 0.717) is 5.56 Å². The van der Waals surface area contributed by atoms with Crippen LogP contribution in [0.4, 0.5) is 4.39 Å². The van der Waals surface area contributed by atoms with E-state index in [-0.39, 0.29) is 13.2 Å². The molecule has 5 nitrogen and oxygen atoms in total. The number of benzene rings is 1. The average Bonchev–Trinajstić information content (AvgIpc) is 2.51. The summed E-state index contributed by atoms with van der Waals surface area (Å²) in [6.07, 6.45) is -0.275. The van der Waals surface area contributed by atoms with Gasteiger partial charge in [0.15, 0.2) is 12.2 Å². The molecule has 0 aromatic heterocycles. The zero-order chi connectivity index (χ0) is 16.5. The second-order valence-electron chi connectivity index (χ2n) is 4.65. The van der Waals surface area contributed by atoms with E-state index in [4.69, 9.17) is 9.47 Å². The van der Waals surface area contributed by atoms with E-state index in [0.717, 1.165) is 0 Å². The number of ether oxygens (including phenoxy) is 2. The summed E-state index contributed by atoms with van der Waals surface area (Å²) in [4.78, 5) is 23.5. The lowest BCUT2D eigenvalue weighted by atomic mass is 10.2. The van der Waals surface area contributed by atoms with Gasteiger partial charge >= 0.3 is 5.97 Å². The molecule has 0 aliphatic carbocycles. The van der Waals surface area contributed by atoms with Gasteiger partial charge in [0.2, 0.25) is 0 Å². The van der Waals surface area contributed by atoms with Crippen molar-refractivity contribution in [3.63, 3.8) is 0 Å². The molecule has 0 spiro atoms. The van der Waals surface area contributed by atoms with Crippen LogP contribution in [-0.2, 0) is 25.6 Å². The molecule has 0 saturated heterocycles. The van der Waals surface area contributed by atoms with Crippen LogP contribution in [0.15, 0.2) is 36.9 Å². The number of rotatable bonds is 8. The van der Waals surface area contributed by atoms with Crippen molar-refractivity contribution >= 4 is 11.9 Å². The molecule has 1 aromatic rings. The average molecular weight is 309 g/mol. The van der Waals surface area contributed by atoms with Gasteiger partial charge in [-0.2, -0.15) is 0 Å². The molecule has 1 N–H and O–H groups in total. The lowest BCUT2D eigenvalue weighted by molar-refractivity contribution is -0.164. The van der Waals surface area contributed by atoms with E-state index >= 15 is 0 Å². The molecule has 2 unspecified atom stereocenters. The predicted octanol–water partition coefficient (Wildman–Crippen LogP) is 1.96. The Kier molecular flexibility index (Phi) is 7.25. The van der Waals surface area contributed by atoms with Crippen molar-refractivity contribution < 1.29 is 23.5 Å². The number of halogens is 1. The van der Waals surface area contributed by atoms with Crippen LogP contribution in [0.3, 0.4) is 0 Å². The van der Waals surface area contributed by atoms with Gasteiger partial charge in [-0.25, -0.2) is 9.18 Å². The lowest BCUT2D eigenvalue weighted by Gasteiger charge is -2.16. The van der Waals surface area contributed by atoms with E-state index in [1.807, 2.05) is 0 Å². The zero-order valence-electron chi connectivity index (χ0n) is 12.7. The van der Waals surface area contributed by atoms with Gasteiger partial charge in [-0.3, -0.25) is 4.79 Å². The van der Waals surface area contributed by atoms with Crippen LogP contribution < -0.4 is 5.32 Å². The summed E-state index contributed by atoms with van der Waals surface area (Å²) in [5, 5.41) is 2.51. The topological polar surface area (TPSA) is 64.6 Å². The Balaban J connectivity index is 2.43. The molecule has 0 fully saturated rings. The number of esters is 1. The molecule has 22 heavy (non-hydrogen) atoms. The van der Waals surface area contributed by atoms with Gasteiger partial charge in [0.25, 0.3) is 5.91 Å². The highest BCUT2D eigenvalue weighted by Crippen LogP contribution is 2.06. The summed E-state index contributed by atoms with van der Waals surface area (Å²) in [6, 6.07) is 6.11. The monoisotopic (exact) mass is 309 g/mol. The molecule has 0 heterocycles. The maximum absolute atomic E-state index is 13.4. The molecular formula is C16H20FNO4. The van der Waals surface area contributed by atoms with Gasteiger partial charge in [0.1, 0.15) is 5.82 Å². The predicted molar refractivity (Wildman–Crippen MR) is 79.4 cm³/mol. The Morgan fingerprint density at radius 2 is 2.00 bits per heavy atom. The van der Waals surface area contributed by atoms with Gasteiger partial charge in [0, 0.05) is 12.1 Å². The molecular weight excluding hydrogens is 289 g/mol. The van der Waals surface area contributed by atoms with Gasteiger partial charge < -0.3 is 14.8 Å². The third-order valence-electron chi connectivity index (χ3n) is 2.87. The summed E-state index contributed by atoms with van der Waals surface area (Å²) in [6.45, 7) is 6.67. The van der Waals surface area contributed by atoms with Crippen molar-refractivity contribution in [2.75, 3.05) is 6.61 Å². The van der Waals surface area contributed by atoms with Crippen molar-refractivity contribution in [1.82, 2.24) is 5.32 Å². The van der Waals surface area contributed by atoms with Crippen LogP contribution in [0.5, 0.6) is 0 Å². The summed E-state index contributed by atoms with van der Waals surface area (Å²) in [5.41, 5.74) is 0.358. The van der Waals surface area contributed by atoms with Crippen LogP contribution in [0.25, 0.3) is 0 Å². The maximum atomic E-state index is 13.4. The van der Waals surface area contributed by atoms with E-state index < -0.39 is 29.9 Å². The van der Waals surface area contributed by atoms with Crippen LogP contribution >= 0.6 is 0 Å². The molecule has 1 aromatic carbocycles. The first kappa shape index (κ1) is 17.8. The minimum atomic E-state index is -0.992. The van der Waals surface area contributed by atoms with Crippen LogP contribution in [0.2, 0.25) is 0 Å². The Bertz CT molecular complexity index is 533. The zero-order valence-corrected chi connectivity index (χ0v) is 12.7. The molecule has 1 rings (SSSR count). The fourth-order valence-corrected chi connectivity index (χ4v) is 1.57. The number of hydrogen-bond donors (Lipinski definition) is 1. The first-order valence-electron chi connectivity index (χ1n) is 6.89. The Morgan fingerprint density at radius 1 is 1.32 bits per heavy atom. The summed E-state index contributed by atoms with van der Waals surface area (Å²) >= 11 is 0. The summed E-state index contributed by atoms with van der Waals surface area (Å²) in [5.74, 6) is -1.55. The molecule has 0 aliphatic heterocycles. The van der Waals surface area contributed by atoms with Crippen LogP contribution in [0, 0.1) is 5.82 Å². The number of carbonyl (C=O) groups is 2. The van der Waals surface area contributed by atoms with Crippen LogP contribution in [-0.4, -0.2) is 30.7 Å². The normalized spacial score (nSPS) is 13.0. The second kappa shape index (κ2) is 8.94. The highest BCUT2D eigenvalue weighted by molar-refractivity contribution is 5.84. The van der Waals surface area contributed by atoms with Crippen molar-refractivity contribution in [2.24, 2.45) is 0 Å². The highest BCUT2D eigenvalue weighted by atomic mass is 19.1. The minimum Gasteiger partial charge on any atom is -0.451 e. The Morgan fingerprint density at radius 3 is 2.64 bits per heavy atom. The Hall–Kier alpha value is -2.21. The van der Waals surface area contributed by atoms with Gasteiger partial charge in [0.05, 0.1) is 6.61 Å². The maximum Gasteiger partial charge on any atom is 0.335 e. The highest BCUT2D eigenvalue weighted by Gasteiger charge is 2.22. The molecule has 0 radical (unpaired) electrons. The summed E-state index contributed by atoms with van der Waals surface area (Å²) in [7, 11) is 0. The molecule has 1 amide bonds. The third-order valence-corrected chi connectivity index (χ3v) is 2.87. The Labute approximate surface area is 129 Å². The van der Waals surface area contributed by atoms with Crippen molar-refractivity contribution in [3.05, 3.63) is 48.3 Å². The molecule has 6 heteroatoms. The summed E-state index contributed by atoms with van der Waals surface area (Å²) < 4.78 is 23.5. The molecule has 0 aliphatic rings. The largest absolute Gasteiger partial charge is 0.451 e. The molecule has 2 atom stereocenters. The van der Waals surface area contributed by atoms with E-state index in [9.17, 15) is 14.0 Å². The standard InChI is InChI=1S/C16H20FNO4/c1-4-9-21-12(3)16(20)22-11(2)15(19)18-10-13-7-5-6-8-14(13)17/h4-8,11-12H,1,9-10H2,2-3H3,(H,18,19). The van der Waals surface area contributed by atoms with Crippen molar-refractivity contribution in [1.29, 1.82) is 0 Å². The molecule has 120 valence electrons. The van der Waals surface area contributed by atoms with E-state index in [1.165, 1.54) is 26.0 Å².